The van der Waals surface area contributed by atoms with Crippen molar-refractivity contribution in [1.29, 1.82) is 0 Å². The predicted octanol–water partition coefficient (Wildman–Crippen LogP) is 4.12. The second-order valence-electron chi connectivity index (χ2n) is 4.75. The summed E-state index contributed by atoms with van der Waals surface area (Å²) in [6.07, 6.45) is 0. The number of rotatable bonds is 3. The quantitative estimate of drug-likeness (QED) is 0.822. The third-order valence-corrected chi connectivity index (χ3v) is 3.25. The van der Waals surface area contributed by atoms with E-state index < -0.39 is 5.41 Å². The van der Waals surface area contributed by atoms with Crippen LogP contribution in [-0.2, 0) is 5.41 Å². The van der Waals surface area contributed by atoms with Gasteiger partial charge in [0.2, 0.25) is 0 Å². The van der Waals surface area contributed by atoms with Crippen LogP contribution in [0.2, 0.25) is 0 Å². The summed E-state index contributed by atoms with van der Waals surface area (Å²) >= 11 is 0. The molecule has 0 atom stereocenters. The molecule has 2 aromatic carbocycles. The Hall–Kier alpha value is -2.16. The van der Waals surface area contributed by atoms with E-state index in [1.165, 1.54) is 0 Å². The predicted molar refractivity (Wildman–Crippen MR) is 72.1 cm³/mol. The van der Waals surface area contributed by atoms with Gasteiger partial charge in [-0.25, -0.2) is 0 Å². The average Bonchev–Trinajstić information content (AvgIpc) is 2.39. The normalized spacial score (nSPS) is 11.2. The molecule has 0 saturated heterocycles. The van der Waals surface area contributed by atoms with Gasteiger partial charge in [-0.15, -0.1) is 4.91 Å². The number of phenolic OH excluding ortho intramolecular Hbond substituents is 1. The van der Waals surface area contributed by atoms with Gasteiger partial charge in [0.25, 0.3) is 0 Å². The highest BCUT2D eigenvalue weighted by molar-refractivity contribution is 5.55. The van der Waals surface area contributed by atoms with E-state index in [1.54, 1.807) is 24.3 Å². The van der Waals surface area contributed by atoms with E-state index in [0.29, 0.717) is 5.69 Å². The number of hydrogen-bond acceptors (Lipinski definition) is 3. The first kappa shape index (κ1) is 12.3. The van der Waals surface area contributed by atoms with E-state index in [1.807, 2.05) is 38.1 Å². The molecular formula is C15H15NO2. The summed E-state index contributed by atoms with van der Waals surface area (Å²) in [4.78, 5) is 10.9. The molecule has 18 heavy (non-hydrogen) atoms. The maximum atomic E-state index is 10.9. The third kappa shape index (κ3) is 1.99. The van der Waals surface area contributed by atoms with Gasteiger partial charge in [-0.2, -0.15) is 0 Å². The number of nitroso groups, excluding NO2 is 1. The highest BCUT2D eigenvalue weighted by Gasteiger charge is 2.28. The first-order valence-electron chi connectivity index (χ1n) is 5.78. The van der Waals surface area contributed by atoms with Gasteiger partial charge in [0, 0.05) is 11.0 Å². The lowest BCUT2D eigenvalue weighted by Crippen LogP contribution is -2.19. The van der Waals surface area contributed by atoms with Crippen molar-refractivity contribution in [2.45, 2.75) is 19.3 Å². The molecule has 3 nitrogen and oxygen atoms in total. The molecule has 3 heteroatoms. The SMILES string of the molecule is CC(C)(c1ccccc1O)c1ccccc1N=O. The van der Waals surface area contributed by atoms with Gasteiger partial charge in [0.15, 0.2) is 0 Å². The van der Waals surface area contributed by atoms with Crippen molar-refractivity contribution in [2.75, 3.05) is 0 Å². The lowest BCUT2D eigenvalue weighted by Gasteiger charge is -2.27. The Morgan fingerprint density at radius 1 is 0.944 bits per heavy atom. The van der Waals surface area contributed by atoms with Gasteiger partial charge in [-0.3, -0.25) is 0 Å². The topological polar surface area (TPSA) is 49.7 Å². The molecule has 1 N–H and O–H groups in total. The lowest BCUT2D eigenvalue weighted by molar-refractivity contribution is 0.453. The van der Waals surface area contributed by atoms with Crippen LogP contribution in [0.4, 0.5) is 5.69 Å². The van der Waals surface area contributed by atoms with Crippen LogP contribution in [0.1, 0.15) is 25.0 Å². The first-order valence-corrected chi connectivity index (χ1v) is 5.78. The van der Waals surface area contributed by atoms with Crippen molar-refractivity contribution in [3.05, 3.63) is 64.6 Å². The van der Waals surface area contributed by atoms with Gasteiger partial charge in [0.1, 0.15) is 11.4 Å². The molecule has 0 unspecified atom stereocenters. The van der Waals surface area contributed by atoms with E-state index in [4.69, 9.17) is 0 Å². The maximum absolute atomic E-state index is 10.9. The zero-order valence-corrected chi connectivity index (χ0v) is 10.4. The van der Waals surface area contributed by atoms with Crippen LogP contribution < -0.4 is 0 Å². The fourth-order valence-corrected chi connectivity index (χ4v) is 2.23. The number of nitrogens with zero attached hydrogens (tertiary/aromatic N) is 1. The number of phenols is 1. The molecule has 2 rings (SSSR count). The molecule has 0 saturated carbocycles. The van der Waals surface area contributed by atoms with Crippen LogP contribution in [-0.4, -0.2) is 5.11 Å². The fraction of sp³-hybridized carbons (Fsp3) is 0.200. The molecule has 0 spiro atoms. The van der Waals surface area contributed by atoms with Gasteiger partial charge in [-0.05, 0) is 22.9 Å². The molecule has 2 aromatic rings. The summed E-state index contributed by atoms with van der Waals surface area (Å²) in [7, 11) is 0. The summed E-state index contributed by atoms with van der Waals surface area (Å²) in [6, 6.07) is 14.3. The van der Waals surface area contributed by atoms with E-state index in [0.717, 1.165) is 11.1 Å². The zero-order valence-electron chi connectivity index (χ0n) is 10.4. The number of benzene rings is 2. The highest BCUT2D eigenvalue weighted by atomic mass is 16.3. The highest BCUT2D eigenvalue weighted by Crippen LogP contribution is 2.40. The van der Waals surface area contributed by atoms with Gasteiger partial charge in [-0.1, -0.05) is 50.2 Å². The Morgan fingerprint density at radius 3 is 2.11 bits per heavy atom. The summed E-state index contributed by atoms with van der Waals surface area (Å²) in [6.45, 7) is 3.93. The standard InChI is InChI=1S/C15H15NO2/c1-15(2,12-8-4-6-10-14(12)17)11-7-3-5-9-13(11)16-18/h3-10,17H,1-2H3. The Bertz CT molecular complexity index is 576. The summed E-state index contributed by atoms with van der Waals surface area (Å²) in [5.74, 6) is 0.225. The molecule has 0 aliphatic rings. The van der Waals surface area contributed by atoms with Gasteiger partial charge < -0.3 is 5.11 Å². The molecule has 0 fully saturated rings. The first-order chi connectivity index (χ1) is 8.57. The fourth-order valence-electron chi connectivity index (χ4n) is 2.23. The Balaban J connectivity index is 2.61. The van der Waals surface area contributed by atoms with Crippen molar-refractivity contribution in [2.24, 2.45) is 5.18 Å². The van der Waals surface area contributed by atoms with Crippen LogP contribution in [0.5, 0.6) is 5.75 Å². The molecule has 0 bridgehead atoms. The summed E-state index contributed by atoms with van der Waals surface area (Å²) in [5.41, 5.74) is 1.52. The molecule has 0 aliphatic carbocycles. The zero-order chi connectivity index (χ0) is 13.2. The van der Waals surface area contributed by atoms with Crippen molar-refractivity contribution >= 4 is 5.69 Å². The molecular weight excluding hydrogens is 226 g/mol. The minimum absolute atomic E-state index is 0.225. The van der Waals surface area contributed by atoms with Gasteiger partial charge in [0.05, 0.1) is 0 Å². The van der Waals surface area contributed by atoms with Crippen LogP contribution >= 0.6 is 0 Å². The maximum Gasteiger partial charge on any atom is 0.119 e. The van der Waals surface area contributed by atoms with Crippen LogP contribution in [0.3, 0.4) is 0 Å². The molecule has 0 amide bonds. The molecule has 92 valence electrons. The second kappa shape index (κ2) is 4.61. The lowest BCUT2D eigenvalue weighted by atomic mass is 9.77. The van der Waals surface area contributed by atoms with Crippen LogP contribution in [0.25, 0.3) is 0 Å². The molecule has 0 radical (unpaired) electrons. The molecule has 0 aromatic heterocycles. The molecule has 0 aliphatic heterocycles. The summed E-state index contributed by atoms with van der Waals surface area (Å²) < 4.78 is 0. The second-order valence-corrected chi connectivity index (χ2v) is 4.75. The monoisotopic (exact) mass is 241 g/mol. The Kier molecular flexibility index (Phi) is 3.15. The largest absolute Gasteiger partial charge is 0.508 e. The van der Waals surface area contributed by atoms with Crippen LogP contribution in [0, 0.1) is 4.91 Å². The number of aromatic hydroxyl groups is 1. The number of para-hydroxylation sites is 1. The number of hydrogen-bond donors (Lipinski definition) is 1. The van der Waals surface area contributed by atoms with E-state index in [2.05, 4.69) is 5.18 Å². The summed E-state index contributed by atoms with van der Waals surface area (Å²) in [5, 5.41) is 13.0. The van der Waals surface area contributed by atoms with Crippen molar-refractivity contribution in [3.63, 3.8) is 0 Å². The van der Waals surface area contributed by atoms with Crippen molar-refractivity contribution < 1.29 is 5.11 Å². The third-order valence-electron chi connectivity index (χ3n) is 3.25. The van der Waals surface area contributed by atoms with E-state index in [9.17, 15) is 10.0 Å². The van der Waals surface area contributed by atoms with Crippen LogP contribution in [0.15, 0.2) is 53.7 Å². The van der Waals surface area contributed by atoms with E-state index >= 15 is 0 Å². The minimum Gasteiger partial charge on any atom is -0.508 e. The Morgan fingerprint density at radius 2 is 1.50 bits per heavy atom. The minimum atomic E-state index is -0.476. The van der Waals surface area contributed by atoms with E-state index in [-0.39, 0.29) is 5.75 Å². The van der Waals surface area contributed by atoms with Crippen molar-refractivity contribution in [1.82, 2.24) is 0 Å². The van der Waals surface area contributed by atoms with Crippen molar-refractivity contribution in [3.8, 4) is 5.75 Å². The average molecular weight is 241 g/mol. The Labute approximate surface area is 106 Å². The smallest absolute Gasteiger partial charge is 0.119 e. The van der Waals surface area contributed by atoms with Gasteiger partial charge >= 0.3 is 0 Å². The molecule has 0 heterocycles.